The highest BCUT2D eigenvalue weighted by molar-refractivity contribution is 5.35. The Bertz CT molecular complexity index is 444. The second-order valence-electron chi connectivity index (χ2n) is 5.43. The van der Waals surface area contributed by atoms with E-state index < -0.39 is 0 Å². The smallest absolute Gasteiger partial charge is 0.111 e. The topological polar surface area (TPSA) is 20.2 Å². The third-order valence-electron chi connectivity index (χ3n) is 3.88. The molecular formula is C17H22O. The van der Waals surface area contributed by atoms with Crippen molar-refractivity contribution in [3.8, 4) is 0 Å². The Morgan fingerprint density at radius 3 is 2.61 bits per heavy atom. The number of unbranched alkanes of at least 4 members (excludes halogenated alkanes) is 1. The molecule has 0 heterocycles. The predicted molar refractivity (Wildman–Crippen MR) is 76.7 cm³/mol. The molecule has 96 valence electrons. The van der Waals surface area contributed by atoms with Crippen LogP contribution in [0.5, 0.6) is 0 Å². The third-order valence-corrected chi connectivity index (χ3v) is 3.88. The highest BCUT2D eigenvalue weighted by Gasteiger charge is 2.33. The molecule has 0 fully saturated rings. The molecule has 2 unspecified atom stereocenters. The van der Waals surface area contributed by atoms with Crippen molar-refractivity contribution < 1.29 is 5.11 Å². The average Bonchev–Trinajstić information content (AvgIpc) is 2.37. The van der Waals surface area contributed by atoms with Crippen LogP contribution in [-0.4, -0.2) is 5.11 Å². The number of benzene rings is 1. The summed E-state index contributed by atoms with van der Waals surface area (Å²) in [7, 11) is 0. The minimum Gasteiger partial charge on any atom is -0.508 e. The van der Waals surface area contributed by atoms with Crippen LogP contribution in [0.1, 0.15) is 44.6 Å². The van der Waals surface area contributed by atoms with Gasteiger partial charge in [0.25, 0.3) is 0 Å². The fourth-order valence-corrected chi connectivity index (χ4v) is 2.83. The first-order valence-electron chi connectivity index (χ1n) is 6.80. The van der Waals surface area contributed by atoms with E-state index in [4.69, 9.17) is 0 Å². The van der Waals surface area contributed by atoms with E-state index in [0.29, 0.717) is 11.7 Å². The van der Waals surface area contributed by atoms with Gasteiger partial charge in [-0.3, -0.25) is 0 Å². The lowest BCUT2D eigenvalue weighted by atomic mass is 9.68. The van der Waals surface area contributed by atoms with Crippen molar-refractivity contribution in [2.45, 2.75) is 39.0 Å². The third kappa shape index (κ3) is 2.66. The lowest BCUT2D eigenvalue weighted by molar-refractivity contribution is 0.309. The Morgan fingerprint density at radius 2 is 1.94 bits per heavy atom. The molecule has 1 N–H and O–H groups in total. The molecular weight excluding hydrogens is 220 g/mol. The van der Waals surface area contributed by atoms with Crippen LogP contribution in [0.4, 0.5) is 0 Å². The SMILES string of the molecule is CCCCC1(C)C=C(O)C=CC1c1ccccc1. The summed E-state index contributed by atoms with van der Waals surface area (Å²) in [5.74, 6) is 0.766. The molecule has 0 amide bonds. The number of aliphatic hydroxyl groups excluding tert-OH is 1. The van der Waals surface area contributed by atoms with Gasteiger partial charge in [0, 0.05) is 5.92 Å². The molecule has 1 aromatic rings. The minimum atomic E-state index is 0.0240. The Morgan fingerprint density at radius 1 is 1.22 bits per heavy atom. The van der Waals surface area contributed by atoms with Crippen molar-refractivity contribution in [1.82, 2.24) is 0 Å². The molecule has 1 aliphatic carbocycles. The van der Waals surface area contributed by atoms with Gasteiger partial charge < -0.3 is 5.11 Å². The average molecular weight is 242 g/mol. The largest absolute Gasteiger partial charge is 0.508 e. The summed E-state index contributed by atoms with van der Waals surface area (Å²) in [5.41, 5.74) is 1.35. The molecule has 18 heavy (non-hydrogen) atoms. The molecule has 0 saturated heterocycles. The van der Waals surface area contributed by atoms with Gasteiger partial charge in [0.15, 0.2) is 0 Å². The van der Waals surface area contributed by atoms with Crippen LogP contribution in [-0.2, 0) is 0 Å². The van der Waals surface area contributed by atoms with E-state index in [9.17, 15) is 5.11 Å². The minimum absolute atomic E-state index is 0.0240. The monoisotopic (exact) mass is 242 g/mol. The van der Waals surface area contributed by atoms with Crippen molar-refractivity contribution >= 4 is 0 Å². The van der Waals surface area contributed by atoms with E-state index in [0.717, 1.165) is 6.42 Å². The Balaban J connectivity index is 2.30. The van der Waals surface area contributed by atoms with Crippen molar-refractivity contribution in [2.75, 3.05) is 0 Å². The van der Waals surface area contributed by atoms with E-state index in [1.807, 2.05) is 18.2 Å². The van der Waals surface area contributed by atoms with Crippen LogP contribution >= 0.6 is 0 Å². The highest BCUT2D eigenvalue weighted by Crippen LogP contribution is 2.45. The normalized spacial score (nSPS) is 27.0. The summed E-state index contributed by atoms with van der Waals surface area (Å²) < 4.78 is 0. The highest BCUT2D eigenvalue weighted by atomic mass is 16.3. The van der Waals surface area contributed by atoms with Crippen LogP contribution in [0.3, 0.4) is 0 Å². The van der Waals surface area contributed by atoms with Gasteiger partial charge in [-0.05, 0) is 29.6 Å². The van der Waals surface area contributed by atoms with Gasteiger partial charge >= 0.3 is 0 Å². The first kappa shape index (κ1) is 12.9. The first-order chi connectivity index (χ1) is 8.65. The molecule has 1 heteroatoms. The lowest BCUT2D eigenvalue weighted by Crippen LogP contribution is -2.25. The van der Waals surface area contributed by atoms with Gasteiger partial charge in [-0.2, -0.15) is 0 Å². The summed E-state index contributed by atoms with van der Waals surface area (Å²) in [4.78, 5) is 0. The fourth-order valence-electron chi connectivity index (χ4n) is 2.83. The second kappa shape index (κ2) is 5.43. The van der Waals surface area contributed by atoms with E-state index in [1.165, 1.54) is 18.4 Å². The number of hydrogen-bond acceptors (Lipinski definition) is 1. The molecule has 0 saturated carbocycles. The van der Waals surface area contributed by atoms with Crippen LogP contribution in [0, 0.1) is 5.41 Å². The van der Waals surface area contributed by atoms with Gasteiger partial charge in [-0.25, -0.2) is 0 Å². The van der Waals surface area contributed by atoms with E-state index >= 15 is 0 Å². The van der Waals surface area contributed by atoms with Gasteiger partial charge in [-0.1, -0.05) is 63.1 Å². The standard InChI is InChI=1S/C17H22O/c1-3-4-12-17(2)13-15(18)10-11-16(17)14-8-6-5-7-9-14/h5-11,13,16,18H,3-4,12H2,1-2H3. The van der Waals surface area contributed by atoms with Crippen molar-refractivity contribution in [2.24, 2.45) is 5.41 Å². The molecule has 2 atom stereocenters. The molecule has 1 aromatic carbocycles. The van der Waals surface area contributed by atoms with Crippen LogP contribution in [0.25, 0.3) is 0 Å². The lowest BCUT2D eigenvalue weighted by Gasteiger charge is -2.36. The maximum atomic E-state index is 9.78. The van der Waals surface area contributed by atoms with Crippen LogP contribution in [0.15, 0.2) is 54.3 Å². The zero-order valence-corrected chi connectivity index (χ0v) is 11.3. The molecule has 1 nitrogen and oxygen atoms in total. The van der Waals surface area contributed by atoms with Gasteiger partial charge in [-0.15, -0.1) is 0 Å². The first-order valence-corrected chi connectivity index (χ1v) is 6.80. The summed E-state index contributed by atoms with van der Waals surface area (Å²) in [6, 6.07) is 10.6. The molecule has 0 aliphatic heterocycles. The number of aliphatic hydroxyl groups is 1. The molecule has 1 aliphatic rings. The van der Waals surface area contributed by atoms with Crippen molar-refractivity contribution in [3.63, 3.8) is 0 Å². The molecule has 2 rings (SSSR count). The summed E-state index contributed by atoms with van der Waals surface area (Å²) in [6.07, 6.45) is 9.48. The van der Waals surface area contributed by atoms with Crippen molar-refractivity contribution in [3.05, 3.63) is 59.9 Å². The number of allylic oxidation sites excluding steroid dienone is 3. The van der Waals surface area contributed by atoms with E-state index in [-0.39, 0.29) is 5.41 Å². The van der Waals surface area contributed by atoms with Crippen molar-refractivity contribution in [1.29, 1.82) is 0 Å². The summed E-state index contributed by atoms with van der Waals surface area (Å²) >= 11 is 0. The van der Waals surface area contributed by atoms with Gasteiger partial charge in [0.1, 0.15) is 5.76 Å². The maximum absolute atomic E-state index is 9.78. The fraction of sp³-hybridized carbons (Fsp3) is 0.412. The zero-order valence-electron chi connectivity index (χ0n) is 11.3. The maximum Gasteiger partial charge on any atom is 0.111 e. The summed E-state index contributed by atoms with van der Waals surface area (Å²) in [6.45, 7) is 4.46. The number of hydrogen-bond donors (Lipinski definition) is 1. The molecule has 0 bridgehead atoms. The Kier molecular flexibility index (Phi) is 3.90. The predicted octanol–water partition coefficient (Wildman–Crippen LogP) is 4.98. The van der Waals surface area contributed by atoms with E-state index in [2.05, 4.69) is 44.2 Å². The molecule has 0 aromatic heterocycles. The quantitative estimate of drug-likeness (QED) is 0.789. The van der Waals surface area contributed by atoms with Crippen LogP contribution in [0.2, 0.25) is 0 Å². The Hall–Kier alpha value is -1.50. The zero-order chi connectivity index (χ0) is 13.0. The Labute approximate surface area is 110 Å². The van der Waals surface area contributed by atoms with E-state index in [1.54, 1.807) is 0 Å². The van der Waals surface area contributed by atoms with Crippen LogP contribution < -0.4 is 0 Å². The van der Waals surface area contributed by atoms with Gasteiger partial charge in [0.2, 0.25) is 0 Å². The number of rotatable bonds is 4. The second-order valence-corrected chi connectivity index (χ2v) is 5.43. The van der Waals surface area contributed by atoms with Gasteiger partial charge in [0.05, 0.1) is 0 Å². The molecule has 0 radical (unpaired) electrons. The summed E-state index contributed by atoms with van der Waals surface area (Å²) in [5, 5.41) is 9.78. The molecule has 0 spiro atoms.